The van der Waals surface area contributed by atoms with E-state index in [-0.39, 0.29) is 6.04 Å². The maximum absolute atomic E-state index is 11.5. The van der Waals surface area contributed by atoms with Gasteiger partial charge in [0.05, 0.1) is 18.1 Å². The molecule has 96 valence electrons. The summed E-state index contributed by atoms with van der Waals surface area (Å²) in [6.45, 7) is 3.82. The Bertz CT molecular complexity index is 441. The van der Waals surface area contributed by atoms with Gasteiger partial charge in [-0.15, -0.1) is 0 Å². The molecule has 5 nitrogen and oxygen atoms in total. The third-order valence-corrected chi connectivity index (χ3v) is 4.94. The molecule has 1 aliphatic rings. The van der Waals surface area contributed by atoms with Crippen molar-refractivity contribution < 1.29 is 12.8 Å². The van der Waals surface area contributed by atoms with E-state index in [0.717, 1.165) is 12.2 Å². The lowest BCUT2D eigenvalue weighted by molar-refractivity contribution is 0.394. The average Bonchev–Trinajstić information content (AvgIpc) is 2.88. The van der Waals surface area contributed by atoms with Crippen molar-refractivity contribution in [2.24, 2.45) is 0 Å². The molecule has 0 aliphatic carbocycles. The van der Waals surface area contributed by atoms with Crippen molar-refractivity contribution in [2.45, 2.75) is 19.4 Å². The van der Waals surface area contributed by atoms with Gasteiger partial charge in [0.15, 0.2) is 0 Å². The van der Waals surface area contributed by atoms with E-state index >= 15 is 0 Å². The van der Waals surface area contributed by atoms with Gasteiger partial charge >= 0.3 is 0 Å². The van der Waals surface area contributed by atoms with Crippen LogP contribution in [0.5, 0.6) is 0 Å². The summed E-state index contributed by atoms with van der Waals surface area (Å²) in [7, 11) is -2.97. The Morgan fingerprint density at radius 2 is 2.41 bits per heavy atom. The van der Waals surface area contributed by atoms with Gasteiger partial charge in [0, 0.05) is 19.6 Å². The van der Waals surface area contributed by atoms with Gasteiger partial charge in [-0.2, -0.15) is 0 Å². The van der Waals surface area contributed by atoms with Gasteiger partial charge < -0.3 is 9.73 Å². The highest BCUT2D eigenvalue weighted by Crippen LogP contribution is 2.14. The van der Waals surface area contributed by atoms with Crippen molar-refractivity contribution in [1.29, 1.82) is 0 Å². The predicted molar refractivity (Wildman–Crippen MR) is 65.1 cm³/mol. The molecule has 2 heterocycles. The monoisotopic (exact) mass is 258 g/mol. The van der Waals surface area contributed by atoms with Gasteiger partial charge in [-0.05, 0) is 25.5 Å². The normalized spacial score (nSPS) is 21.7. The SMILES string of the molecule is CC(NCCN1CCCS1(=O)=O)c1ccco1. The number of furan rings is 1. The first kappa shape index (κ1) is 12.6. The lowest BCUT2D eigenvalue weighted by Crippen LogP contribution is -2.34. The Hall–Kier alpha value is -0.850. The van der Waals surface area contributed by atoms with Gasteiger partial charge in [-0.1, -0.05) is 0 Å². The van der Waals surface area contributed by atoms with Crippen LogP contribution in [0.25, 0.3) is 0 Å². The molecule has 0 radical (unpaired) electrons. The van der Waals surface area contributed by atoms with E-state index in [9.17, 15) is 8.42 Å². The molecule has 1 aliphatic heterocycles. The Morgan fingerprint density at radius 3 is 3.00 bits per heavy atom. The highest BCUT2D eigenvalue weighted by atomic mass is 32.2. The lowest BCUT2D eigenvalue weighted by atomic mass is 10.2. The minimum atomic E-state index is -2.97. The summed E-state index contributed by atoms with van der Waals surface area (Å²) < 4.78 is 29.9. The van der Waals surface area contributed by atoms with Crippen molar-refractivity contribution in [1.82, 2.24) is 9.62 Å². The molecular formula is C11H18N2O3S. The van der Waals surface area contributed by atoms with Gasteiger partial charge in [-0.25, -0.2) is 12.7 Å². The van der Waals surface area contributed by atoms with Crippen molar-refractivity contribution in [3.63, 3.8) is 0 Å². The zero-order chi connectivity index (χ0) is 12.3. The van der Waals surface area contributed by atoms with E-state index in [1.54, 1.807) is 10.6 Å². The van der Waals surface area contributed by atoms with Crippen LogP contribution in [0, 0.1) is 0 Å². The molecule has 1 unspecified atom stereocenters. The molecular weight excluding hydrogens is 240 g/mol. The Kier molecular flexibility index (Phi) is 3.86. The molecule has 0 spiro atoms. The summed E-state index contributed by atoms with van der Waals surface area (Å²) in [4.78, 5) is 0. The standard InChI is InChI=1S/C11H18N2O3S/c1-10(11-4-2-8-16-11)12-5-7-13-6-3-9-17(13,14)15/h2,4,8,10,12H,3,5-7,9H2,1H3. The van der Waals surface area contributed by atoms with Crippen molar-refractivity contribution in [3.05, 3.63) is 24.2 Å². The molecule has 1 aromatic rings. The number of hydrogen-bond acceptors (Lipinski definition) is 4. The fraction of sp³-hybridized carbons (Fsp3) is 0.636. The van der Waals surface area contributed by atoms with Crippen LogP contribution in [0.1, 0.15) is 25.1 Å². The van der Waals surface area contributed by atoms with E-state index in [1.807, 2.05) is 19.1 Å². The van der Waals surface area contributed by atoms with E-state index in [0.29, 0.717) is 25.4 Å². The van der Waals surface area contributed by atoms with Crippen LogP contribution in [-0.2, 0) is 10.0 Å². The highest BCUT2D eigenvalue weighted by molar-refractivity contribution is 7.89. The Balaban J connectivity index is 1.77. The minimum Gasteiger partial charge on any atom is -0.468 e. The first-order valence-electron chi connectivity index (χ1n) is 5.84. The molecule has 0 bridgehead atoms. The van der Waals surface area contributed by atoms with Gasteiger partial charge in [0.1, 0.15) is 5.76 Å². The molecule has 0 aromatic carbocycles. The molecule has 1 N–H and O–H groups in total. The van der Waals surface area contributed by atoms with Crippen LogP contribution in [0.3, 0.4) is 0 Å². The Labute approximate surface area is 102 Å². The van der Waals surface area contributed by atoms with E-state index in [1.165, 1.54) is 0 Å². The smallest absolute Gasteiger partial charge is 0.214 e. The molecule has 1 aromatic heterocycles. The summed E-state index contributed by atoms with van der Waals surface area (Å²) in [5.74, 6) is 1.16. The second-order valence-corrected chi connectivity index (χ2v) is 6.35. The Morgan fingerprint density at radius 1 is 1.59 bits per heavy atom. The van der Waals surface area contributed by atoms with Crippen molar-refractivity contribution >= 4 is 10.0 Å². The zero-order valence-electron chi connectivity index (χ0n) is 9.93. The quantitative estimate of drug-likeness (QED) is 0.854. The van der Waals surface area contributed by atoms with Crippen molar-refractivity contribution in [2.75, 3.05) is 25.4 Å². The van der Waals surface area contributed by atoms with Crippen LogP contribution in [0.15, 0.2) is 22.8 Å². The largest absolute Gasteiger partial charge is 0.468 e. The highest BCUT2D eigenvalue weighted by Gasteiger charge is 2.27. The third kappa shape index (κ3) is 3.08. The molecule has 1 saturated heterocycles. The van der Waals surface area contributed by atoms with Gasteiger partial charge in [-0.3, -0.25) is 0 Å². The zero-order valence-corrected chi connectivity index (χ0v) is 10.7. The first-order valence-corrected chi connectivity index (χ1v) is 7.45. The molecule has 17 heavy (non-hydrogen) atoms. The number of sulfonamides is 1. The molecule has 1 atom stereocenters. The third-order valence-electron chi connectivity index (χ3n) is 2.98. The van der Waals surface area contributed by atoms with Crippen molar-refractivity contribution in [3.8, 4) is 0 Å². The fourth-order valence-corrected chi connectivity index (χ4v) is 3.52. The summed E-state index contributed by atoms with van der Waals surface area (Å²) in [5, 5.41) is 3.25. The second-order valence-electron chi connectivity index (χ2n) is 4.26. The molecule has 6 heteroatoms. The number of nitrogens with one attached hydrogen (secondary N) is 1. The maximum Gasteiger partial charge on any atom is 0.214 e. The molecule has 1 fully saturated rings. The maximum atomic E-state index is 11.5. The number of rotatable bonds is 5. The summed E-state index contributed by atoms with van der Waals surface area (Å²) in [6, 6.07) is 3.86. The topological polar surface area (TPSA) is 62.6 Å². The van der Waals surface area contributed by atoms with E-state index in [4.69, 9.17) is 4.42 Å². The van der Waals surface area contributed by atoms with Crippen LogP contribution in [-0.4, -0.2) is 38.1 Å². The second kappa shape index (κ2) is 5.20. The predicted octanol–water partition coefficient (Wildman–Crippen LogP) is 0.966. The van der Waals surface area contributed by atoms with Crippen LogP contribution >= 0.6 is 0 Å². The van der Waals surface area contributed by atoms with Crippen LogP contribution < -0.4 is 5.32 Å². The summed E-state index contributed by atoms with van der Waals surface area (Å²) in [5.41, 5.74) is 0. The van der Waals surface area contributed by atoms with E-state index < -0.39 is 10.0 Å². The fourth-order valence-electron chi connectivity index (χ4n) is 1.99. The molecule has 2 rings (SSSR count). The molecule has 0 amide bonds. The summed E-state index contributed by atoms with van der Waals surface area (Å²) in [6.07, 6.45) is 2.38. The van der Waals surface area contributed by atoms with Gasteiger partial charge in [0.25, 0.3) is 0 Å². The van der Waals surface area contributed by atoms with Crippen LogP contribution in [0.2, 0.25) is 0 Å². The van der Waals surface area contributed by atoms with Crippen LogP contribution in [0.4, 0.5) is 0 Å². The minimum absolute atomic E-state index is 0.107. The molecule has 0 saturated carbocycles. The van der Waals surface area contributed by atoms with E-state index in [2.05, 4.69) is 5.32 Å². The average molecular weight is 258 g/mol. The number of hydrogen-bond donors (Lipinski definition) is 1. The number of nitrogens with zero attached hydrogens (tertiary/aromatic N) is 1. The van der Waals surface area contributed by atoms with Gasteiger partial charge in [0.2, 0.25) is 10.0 Å². The lowest BCUT2D eigenvalue weighted by Gasteiger charge is -2.16. The first-order chi connectivity index (χ1) is 8.09. The summed E-state index contributed by atoms with van der Waals surface area (Å²) >= 11 is 0.